The summed E-state index contributed by atoms with van der Waals surface area (Å²) in [6, 6.07) is 19.6. The van der Waals surface area contributed by atoms with Crippen LogP contribution < -0.4 is 9.47 Å². The van der Waals surface area contributed by atoms with Gasteiger partial charge in [0.2, 0.25) is 0 Å². The van der Waals surface area contributed by atoms with Crippen molar-refractivity contribution in [2.45, 2.75) is 6.61 Å². The van der Waals surface area contributed by atoms with Gasteiger partial charge in [0, 0.05) is 6.21 Å². The van der Waals surface area contributed by atoms with Gasteiger partial charge in [0.15, 0.2) is 0 Å². The average Bonchev–Trinajstić information content (AvgIpc) is 2.66. The van der Waals surface area contributed by atoms with E-state index in [1.165, 1.54) is 12.1 Å². The molecule has 0 amide bonds. The smallest absolute Gasteiger partial charge is 0.134 e. The second kappa shape index (κ2) is 8.63. The van der Waals surface area contributed by atoms with E-state index in [2.05, 4.69) is 20.9 Å². The summed E-state index contributed by atoms with van der Waals surface area (Å²) in [5.41, 5.74) is 2.56. The number of hydrogen-bond donors (Lipinski definition) is 0. The zero-order valence-corrected chi connectivity index (χ0v) is 15.7. The number of rotatable bonds is 6. The van der Waals surface area contributed by atoms with Crippen LogP contribution in [0.5, 0.6) is 11.5 Å². The van der Waals surface area contributed by atoms with E-state index in [4.69, 9.17) is 9.47 Å². The zero-order chi connectivity index (χ0) is 18.4. The Morgan fingerprint density at radius 1 is 1.04 bits per heavy atom. The molecule has 26 heavy (non-hydrogen) atoms. The van der Waals surface area contributed by atoms with E-state index in [0.717, 1.165) is 27.0 Å². The predicted octanol–water partition coefficient (Wildman–Crippen LogP) is 5.93. The quantitative estimate of drug-likeness (QED) is 0.469. The first-order valence-corrected chi connectivity index (χ1v) is 8.78. The molecule has 0 spiro atoms. The fourth-order valence-electron chi connectivity index (χ4n) is 2.32. The fourth-order valence-corrected chi connectivity index (χ4v) is 2.83. The van der Waals surface area contributed by atoms with Crippen LogP contribution in [0.15, 0.2) is 76.2 Å². The fraction of sp³-hybridized carbons (Fsp3) is 0.0952. The molecule has 0 aliphatic heterocycles. The highest BCUT2D eigenvalue weighted by molar-refractivity contribution is 9.10. The van der Waals surface area contributed by atoms with E-state index in [-0.39, 0.29) is 5.82 Å². The Balaban J connectivity index is 1.65. The van der Waals surface area contributed by atoms with Crippen molar-refractivity contribution in [2.75, 3.05) is 7.11 Å². The molecule has 0 aromatic heterocycles. The Morgan fingerprint density at radius 2 is 1.85 bits per heavy atom. The van der Waals surface area contributed by atoms with Crippen molar-refractivity contribution in [1.82, 2.24) is 0 Å². The molecule has 0 aliphatic carbocycles. The topological polar surface area (TPSA) is 30.8 Å². The van der Waals surface area contributed by atoms with Crippen molar-refractivity contribution in [3.05, 3.63) is 88.1 Å². The Labute approximate surface area is 160 Å². The van der Waals surface area contributed by atoms with E-state index < -0.39 is 0 Å². The Morgan fingerprint density at radius 3 is 2.54 bits per heavy atom. The molecule has 5 heteroatoms. The molecular formula is C21H17BrFNO2. The second-order valence-corrected chi connectivity index (χ2v) is 6.42. The van der Waals surface area contributed by atoms with Crippen LogP contribution in [0.4, 0.5) is 10.1 Å². The molecule has 0 saturated carbocycles. The van der Waals surface area contributed by atoms with Crippen LogP contribution in [0.1, 0.15) is 11.1 Å². The van der Waals surface area contributed by atoms with E-state index in [0.29, 0.717) is 12.4 Å². The summed E-state index contributed by atoms with van der Waals surface area (Å²) in [5.74, 6) is 1.22. The van der Waals surface area contributed by atoms with Gasteiger partial charge in [-0.3, -0.25) is 4.99 Å². The lowest BCUT2D eigenvalue weighted by Gasteiger charge is -2.09. The lowest BCUT2D eigenvalue weighted by Crippen LogP contribution is -1.97. The maximum atomic E-state index is 13.2. The van der Waals surface area contributed by atoms with Gasteiger partial charge in [0.1, 0.15) is 23.9 Å². The van der Waals surface area contributed by atoms with E-state index >= 15 is 0 Å². The Bertz CT molecular complexity index is 910. The third-order valence-electron chi connectivity index (χ3n) is 3.67. The first kappa shape index (κ1) is 18.1. The third-order valence-corrected chi connectivity index (χ3v) is 4.29. The van der Waals surface area contributed by atoms with Gasteiger partial charge in [-0.15, -0.1) is 0 Å². The molecule has 0 N–H and O–H groups in total. The molecule has 3 aromatic rings. The minimum absolute atomic E-state index is 0.268. The van der Waals surface area contributed by atoms with Gasteiger partial charge < -0.3 is 9.47 Å². The number of aliphatic imine (C=N–C) groups is 1. The van der Waals surface area contributed by atoms with Crippen molar-refractivity contribution in [3.63, 3.8) is 0 Å². The molecule has 0 unspecified atom stereocenters. The molecule has 132 valence electrons. The highest BCUT2D eigenvalue weighted by Crippen LogP contribution is 2.27. The summed E-state index contributed by atoms with van der Waals surface area (Å²) in [6.45, 7) is 0.301. The van der Waals surface area contributed by atoms with Crippen molar-refractivity contribution in [3.8, 4) is 11.5 Å². The van der Waals surface area contributed by atoms with Gasteiger partial charge in [-0.2, -0.15) is 0 Å². The summed E-state index contributed by atoms with van der Waals surface area (Å²) in [6.07, 6.45) is 1.78. The molecular weight excluding hydrogens is 397 g/mol. The number of nitrogens with zero attached hydrogens (tertiary/aromatic N) is 1. The van der Waals surface area contributed by atoms with Crippen LogP contribution >= 0.6 is 15.9 Å². The molecule has 0 heterocycles. The van der Waals surface area contributed by atoms with Gasteiger partial charge in [0.05, 0.1) is 17.3 Å². The number of ether oxygens (including phenoxy) is 2. The van der Waals surface area contributed by atoms with E-state index in [1.54, 1.807) is 19.4 Å². The van der Waals surface area contributed by atoms with Crippen LogP contribution in [0.2, 0.25) is 0 Å². The predicted molar refractivity (Wildman–Crippen MR) is 105 cm³/mol. The number of methoxy groups -OCH3 is 1. The Hall–Kier alpha value is -2.66. The minimum atomic E-state index is -0.268. The normalized spacial score (nSPS) is 10.9. The van der Waals surface area contributed by atoms with Crippen LogP contribution in [0.3, 0.4) is 0 Å². The summed E-state index contributed by atoms with van der Waals surface area (Å²) in [7, 11) is 1.63. The molecule has 0 fully saturated rings. The second-order valence-electron chi connectivity index (χ2n) is 5.56. The maximum absolute atomic E-state index is 13.2. The first-order valence-electron chi connectivity index (χ1n) is 7.99. The monoisotopic (exact) mass is 413 g/mol. The van der Waals surface area contributed by atoms with Crippen LogP contribution in [0.25, 0.3) is 0 Å². The van der Waals surface area contributed by atoms with Crippen molar-refractivity contribution >= 4 is 27.8 Å². The van der Waals surface area contributed by atoms with Crippen LogP contribution in [-0.2, 0) is 6.61 Å². The SMILES string of the molecule is COc1ccc(N=Cc2ccc(OCc3cccc(F)c3)c(Br)c2)cc1. The largest absolute Gasteiger partial charge is 0.497 e. The van der Waals surface area contributed by atoms with Crippen molar-refractivity contribution in [2.24, 2.45) is 4.99 Å². The first-order chi connectivity index (χ1) is 12.6. The van der Waals surface area contributed by atoms with E-state index in [1.807, 2.05) is 48.5 Å². The van der Waals surface area contributed by atoms with Gasteiger partial charge in [-0.1, -0.05) is 12.1 Å². The molecule has 0 aliphatic rings. The summed E-state index contributed by atoms with van der Waals surface area (Å²) >= 11 is 3.50. The number of halogens is 2. The summed E-state index contributed by atoms with van der Waals surface area (Å²) in [4.78, 5) is 4.44. The lowest BCUT2D eigenvalue weighted by molar-refractivity contribution is 0.303. The average molecular weight is 414 g/mol. The van der Waals surface area contributed by atoms with Gasteiger partial charge >= 0.3 is 0 Å². The molecule has 0 saturated heterocycles. The summed E-state index contributed by atoms with van der Waals surface area (Å²) < 4.78 is 24.9. The number of hydrogen-bond acceptors (Lipinski definition) is 3. The standard InChI is InChI=1S/C21H17BrFNO2/c1-25-19-8-6-18(7-9-19)24-13-15-5-10-21(20(22)12-15)26-14-16-3-2-4-17(23)11-16/h2-13H,14H2,1H3. The zero-order valence-electron chi connectivity index (χ0n) is 14.2. The van der Waals surface area contributed by atoms with Crippen molar-refractivity contribution < 1.29 is 13.9 Å². The summed E-state index contributed by atoms with van der Waals surface area (Å²) in [5, 5.41) is 0. The van der Waals surface area contributed by atoms with Crippen LogP contribution in [-0.4, -0.2) is 13.3 Å². The highest BCUT2D eigenvalue weighted by atomic mass is 79.9. The molecule has 3 rings (SSSR count). The lowest BCUT2D eigenvalue weighted by atomic mass is 10.2. The maximum Gasteiger partial charge on any atom is 0.134 e. The molecule has 0 atom stereocenters. The van der Waals surface area contributed by atoms with Crippen molar-refractivity contribution in [1.29, 1.82) is 0 Å². The van der Waals surface area contributed by atoms with Crippen LogP contribution in [0, 0.1) is 5.82 Å². The van der Waals surface area contributed by atoms with Gasteiger partial charge in [0.25, 0.3) is 0 Å². The Kier molecular flexibility index (Phi) is 6.02. The molecule has 0 bridgehead atoms. The number of benzene rings is 3. The molecule has 0 radical (unpaired) electrons. The van der Waals surface area contributed by atoms with E-state index in [9.17, 15) is 4.39 Å². The highest BCUT2D eigenvalue weighted by Gasteiger charge is 2.03. The minimum Gasteiger partial charge on any atom is -0.497 e. The molecule has 3 nitrogen and oxygen atoms in total. The van der Waals surface area contributed by atoms with Gasteiger partial charge in [-0.25, -0.2) is 4.39 Å². The van der Waals surface area contributed by atoms with Gasteiger partial charge in [-0.05, 0) is 81.7 Å². The third kappa shape index (κ3) is 4.92. The molecule has 3 aromatic carbocycles.